The lowest BCUT2D eigenvalue weighted by Crippen LogP contribution is -2.80. The fraction of sp³-hybridized carbons (Fsp3) is 0.857. The number of ether oxygens (including phenoxy) is 2. The average molecular weight is 828 g/mol. The summed E-state index contributed by atoms with van der Waals surface area (Å²) in [6, 6.07) is 0. The fourth-order valence-corrected chi connectivity index (χ4v) is 11.1. The van der Waals surface area contributed by atoms with Gasteiger partial charge in [0.25, 0.3) is 0 Å². The van der Waals surface area contributed by atoms with Crippen molar-refractivity contribution in [2.45, 2.75) is 185 Å². The maximum Gasteiger partial charge on any atom is 0.309 e. The lowest BCUT2D eigenvalue weighted by molar-refractivity contribution is -0.475. The van der Waals surface area contributed by atoms with Crippen LogP contribution in [0.2, 0.25) is 0 Å². The molecular formula is C42H69NO13S. The minimum absolute atomic E-state index is 0.0247. The second-order valence-corrected chi connectivity index (χ2v) is 19.2. The van der Waals surface area contributed by atoms with Gasteiger partial charge in [-0.3, -0.25) is 8.98 Å². The molecule has 0 saturated carbocycles. The molecule has 16 atom stereocenters. The number of aliphatic hydroxyl groups is 6. The molecule has 5 rings (SSSR count). The summed E-state index contributed by atoms with van der Waals surface area (Å²) in [5.41, 5.74) is 2.44. The van der Waals surface area contributed by atoms with Gasteiger partial charge in [0.15, 0.2) is 5.71 Å². The largest absolute Gasteiger partial charge is 0.726 e. The molecule has 7 N–H and O–H groups in total. The number of rotatable bonds is 2. The van der Waals surface area contributed by atoms with Gasteiger partial charge in [-0.2, -0.15) is 0 Å². The molecule has 0 aromatic carbocycles. The van der Waals surface area contributed by atoms with Crippen molar-refractivity contribution in [3.63, 3.8) is 0 Å². The number of aliphatic hydroxyl groups excluding tert-OH is 6. The first-order valence-corrected chi connectivity index (χ1v) is 22.7. The first kappa shape index (κ1) is 46.3. The summed E-state index contributed by atoms with van der Waals surface area (Å²) in [7, 11) is -5.37. The normalized spacial score (nSPS) is 44.5. The Kier molecular flexibility index (Phi) is 16.4. The number of hydrogen-bond acceptors (Lipinski definition) is 13. The summed E-state index contributed by atoms with van der Waals surface area (Å²) in [5, 5.41) is 67.1. The Balaban J connectivity index is 1.51. The van der Waals surface area contributed by atoms with Crippen molar-refractivity contribution in [2.24, 2.45) is 35.0 Å². The first-order chi connectivity index (χ1) is 26.9. The van der Waals surface area contributed by atoms with Crippen LogP contribution < -0.4 is 4.99 Å². The molecule has 15 heteroatoms. The van der Waals surface area contributed by atoms with E-state index in [1.54, 1.807) is 19.9 Å². The van der Waals surface area contributed by atoms with Gasteiger partial charge >= 0.3 is 5.97 Å². The summed E-state index contributed by atoms with van der Waals surface area (Å²) in [5.74, 6) is -1.19. The molecular weight excluding hydrogens is 759 g/mol. The third kappa shape index (κ3) is 11.9. The second-order valence-electron chi connectivity index (χ2n) is 18.2. The molecule has 1 spiro atoms. The summed E-state index contributed by atoms with van der Waals surface area (Å²) in [6.45, 7) is 8.83. The monoisotopic (exact) mass is 827 g/mol. The molecule has 4 aliphatic heterocycles. The van der Waals surface area contributed by atoms with E-state index >= 15 is 0 Å². The van der Waals surface area contributed by atoms with Crippen LogP contribution in [-0.2, 0) is 28.9 Å². The third-order valence-electron chi connectivity index (χ3n) is 13.8. The van der Waals surface area contributed by atoms with Crippen molar-refractivity contribution < 1.29 is 67.1 Å². The third-order valence-corrected chi connectivity index (χ3v) is 14.3. The Morgan fingerprint density at radius 2 is 1.58 bits per heavy atom. The minimum atomic E-state index is -5.37. The van der Waals surface area contributed by atoms with Crippen molar-refractivity contribution in [3.05, 3.63) is 23.8 Å². The second kappa shape index (κ2) is 20.2. The average Bonchev–Trinajstić information content (AvgIpc) is 3.12. The SMILES string of the molecule is CC1CCCC2=[NH+]CCC(C)C23CCC2=CC3CC/C=C/C(OC(=O)CC(O)CC(O)C2)C(O)C(C)CC2OC(C(C)CC(O)CC1)C(O)C(O)C2OS(=O)(=O)[O-]. The van der Waals surface area contributed by atoms with Crippen LogP contribution in [0.5, 0.6) is 0 Å². The number of carbonyl (C=O) groups excluding carboxylic acids is 1. The Bertz CT molecular complexity index is 1540. The van der Waals surface area contributed by atoms with Gasteiger partial charge in [0.2, 0.25) is 10.4 Å². The Hall–Kier alpha value is -1.79. The number of carbonyl (C=O) groups is 1. The molecule has 0 aromatic rings. The first-order valence-electron chi connectivity index (χ1n) is 21.4. The number of hydrogen-bond donors (Lipinski definition) is 7. The number of nitrogens with one attached hydrogen (secondary N) is 1. The van der Waals surface area contributed by atoms with Gasteiger partial charge in [0.1, 0.15) is 31.0 Å². The molecule has 1 fully saturated rings. The molecule has 1 aliphatic carbocycles. The van der Waals surface area contributed by atoms with Gasteiger partial charge in [-0.15, -0.1) is 0 Å². The van der Waals surface area contributed by atoms with Crippen molar-refractivity contribution >= 4 is 22.1 Å². The zero-order valence-corrected chi connectivity index (χ0v) is 35.0. The highest BCUT2D eigenvalue weighted by atomic mass is 32.3. The maximum absolute atomic E-state index is 13.2. The van der Waals surface area contributed by atoms with E-state index in [1.807, 2.05) is 6.08 Å². The van der Waals surface area contributed by atoms with Crippen LogP contribution in [0.25, 0.3) is 0 Å². The summed E-state index contributed by atoms with van der Waals surface area (Å²) in [4.78, 5) is 17.0. The lowest BCUT2D eigenvalue weighted by atomic mass is 9.55. The van der Waals surface area contributed by atoms with E-state index in [1.165, 1.54) is 5.71 Å². The topological polar surface area (TPSA) is 237 Å². The van der Waals surface area contributed by atoms with E-state index in [0.717, 1.165) is 63.5 Å². The summed E-state index contributed by atoms with van der Waals surface area (Å²) < 4.78 is 52.1. The molecule has 5 aliphatic rings. The number of fused-ring (bicyclic) bond motifs is 5. The zero-order valence-electron chi connectivity index (χ0n) is 34.2. The Labute approximate surface area is 338 Å². The van der Waals surface area contributed by atoms with Gasteiger partial charge in [0.05, 0.1) is 48.5 Å². The van der Waals surface area contributed by atoms with Gasteiger partial charge in [-0.1, -0.05) is 51.8 Å². The molecule has 5 bridgehead atoms. The highest BCUT2D eigenvalue weighted by molar-refractivity contribution is 7.80. The summed E-state index contributed by atoms with van der Waals surface area (Å²) in [6.07, 6.45) is 1.23. The summed E-state index contributed by atoms with van der Waals surface area (Å²) >= 11 is 0. The fourth-order valence-electron chi connectivity index (χ4n) is 10.6. The van der Waals surface area contributed by atoms with Gasteiger partial charge in [0, 0.05) is 19.3 Å². The molecule has 57 heavy (non-hydrogen) atoms. The molecule has 4 heterocycles. The molecule has 1 saturated heterocycles. The van der Waals surface area contributed by atoms with E-state index in [2.05, 4.69) is 24.9 Å². The highest BCUT2D eigenvalue weighted by Crippen LogP contribution is 2.51. The maximum atomic E-state index is 13.2. The lowest BCUT2D eigenvalue weighted by Gasteiger charge is -2.47. The smallest absolute Gasteiger partial charge is 0.309 e. The van der Waals surface area contributed by atoms with Crippen molar-refractivity contribution in [1.29, 1.82) is 0 Å². The van der Waals surface area contributed by atoms with Crippen molar-refractivity contribution in [2.75, 3.05) is 6.54 Å². The Morgan fingerprint density at radius 3 is 2.32 bits per heavy atom. The van der Waals surface area contributed by atoms with Crippen LogP contribution in [0, 0.1) is 35.0 Å². The van der Waals surface area contributed by atoms with Crippen molar-refractivity contribution in [1.82, 2.24) is 0 Å². The van der Waals surface area contributed by atoms with Crippen LogP contribution in [0.4, 0.5) is 0 Å². The molecule has 326 valence electrons. The van der Waals surface area contributed by atoms with Gasteiger partial charge in [-0.05, 0) is 99.9 Å². The van der Waals surface area contributed by atoms with Crippen molar-refractivity contribution in [3.8, 4) is 0 Å². The van der Waals surface area contributed by atoms with Gasteiger partial charge in [-0.25, -0.2) is 13.4 Å². The predicted octanol–water partition coefficient (Wildman–Crippen LogP) is 1.73. The van der Waals surface area contributed by atoms with Gasteiger partial charge < -0.3 is 44.7 Å². The highest BCUT2D eigenvalue weighted by Gasteiger charge is 2.53. The zero-order chi connectivity index (χ0) is 41.7. The van der Waals surface area contributed by atoms with Crippen LogP contribution in [0.3, 0.4) is 0 Å². The van der Waals surface area contributed by atoms with Crippen LogP contribution >= 0.6 is 0 Å². The minimum Gasteiger partial charge on any atom is -0.726 e. The molecule has 0 amide bonds. The molecule has 16 unspecified atom stereocenters. The molecule has 0 radical (unpaired) electrons. The Morgan fingerprint density at radius 1 is 0.842 bits per heavy atom. The van der Waals surface area contributed by atoms with E-state index in [9.17, 15) is 48.4 Å². The predicted molar refractivity (Wildman–Crippen MR) is 209 cm³/mol. The number of allylic oxidation sites excluding steroid dienone is 2. The quantitative estimate of drug-likeness (QED) is 0.0911. The molecule has 0 aromatic heterocycles. The van der Waals surface area contributed by atoms with Crippen LogP contribution in [0.1, 0.15) is 124 Å². The number of esters is 1. The van der Waals surface area contributed by atoms with Crippen LogP contribution in [-0.4, -0.2) is 123 Å². The van der Waals surface area contributed by atoms with Crippen LogP contribution in [0.15, 0.2) is 23.8 Å². The van der Waals surface area contributed by atoms with E-state index in [4.69, 9.17) is 13.7 Å². The van der Waals surface area contributed by atoms with E-state index < -0.39 is 95.7 Å². The van der Waals surface area contributed by atoms with E-state index in [-0.39, 0.29) is 30.6 Å². The standard InChI is InChI=1S/C42H69NO13S/c1-24-8-7-11-35-42(27(4)15-17-43-35)16-14-28-20-29(42)9-5-6-10-33(54-36(47)23-32(46)22-31(45)21-28)37(48)25(2)19-34-41(56-57(51,52)53)39(50)38(49)40(55-34)26(3)18-30(44)13-12-24/h6,10,20,24-27,29-34,37-41,44-46,48-50H,5,7-9,11-19,21-23H2,1-4H3,(H,51,52,53)/b10-6+. The molecule has 14 nitrogen and oxygen atoms in total. The van der Waals surface area contributed by atoms with E-state index in [0.29, 0.717) is 31.1 Å².